The minimum atomic E-state index is -1.83. The summed E-state index contributed by atoms with van der Waals surface area (Å²) in [6.45, 7) is 11.0. The largest absolute Gasteiger partial charge is 0.495 e. The summed E-state index contributed by atoms with van der Waals surface area (Å²) in [5.41, 5.74) is 3.29. The number of alkyl carbamates (subject to hydrolysis) is 1. The summed E-state index contributed by atoms with van der Waals surface area (Å²) in [6.07, 6.45) is 3.28. The number of allylic oxidation sites excluding steroid dienone is 3. The molecule has 7 rings (SSSR count). The van der Waals surface area contributed by atoms with Crippen LogP contribution in [-0.2, 0) is 65.5 Å². The molecule has 0 radical (unpaired) electrons. The van der Waals surface area contributed by atoms with Crippen LogP contribution in [0.1, 0.15) is 122 Å². The van der Waals surface area contributed by atoms with Crippen LogP contribution in [0.4, 0.5) is 14.9 Å². The Bertz CT molecular complexity index is 2950. The molecule has 2 aromatic carbocycles. The van der Waals surface area contributed by atoms with Gasteiger partial charge in [-0.2, -0.15) is 5.10 Å². The number of ether oxygens (including phenoxy) is 5. The van der Waals surface area contributed by atoms with Crippen LogP contribution in [0, 0.1) is 23.1 Å². The molecule has 3 aliphatic heterocycles. The van der Waals surface area contributed by atoms with Gasteiger partial charge in [0.05, 0.1) is 38.0 Å². The smallest absolute Gasteiger partial charge is 0.409 e. The van der Waals surface area contributed by atoms with E-state index in [0.29, 0.717) is 59.2 Å². The highest BCUT2D eigenvalue weighted by atomic mass is 35.5. The highest BCUT2D eigenvalue weighted by Gasteiger charge is 2.62. The predicted molar refractivity (Wildman–Crippen MR) is 309 cm³/mol. The second-order valence-corrected chi connectivity index (χ2v) is 26.1. The Kier molecular flexibility index (Phi) is 21.1. The van der Waals surface area contributed by atoms with Gasteiger partial charge in [-0.3, -0.25) is 29.3 Å². The molecule has 3 N–H and O–H groups in total. The van der Waals surface area contributed by atoms with Gasteiger partial charge in [0.15, 0.2) is 5.72 Å². The highest BCUT2D eigenvalue weighted by molar-refractivity contribution is 8.77. The number of likely N-dealkylation sites (N-methyl/N-ethyl adjacent to an activating group) is 1. The SMILES string of the molecule is COc1cc2cc(c1Cl)N(C)C(=O)C[C@H](OC(=O)[C@H](C)N(C)C(=O)CCSSC(C)(C)CC(=O)N/N=C1\CCc3cc(OCCCC(=O)ON4C(=O)CCC4=O)cc(F)c31)[C@@]1(C)C[C@H]1[C@H](C)[C@@H]1C[C@@](O)(NC(=O)O1)[C@H](OC)/C=C/C=C(\C)C2. The molecule has 6 amide bonds. The average Bonchev–Trinajstić information content (AvgIpc) is 4.08. The standard InChI is InChI=1S/C58H74ClFN6O15S2/c1-32-13-11-14-44(77-10)58(75)30-43(79-55(74)61-58)33(2)38-29-57(38,6)45(28-50(71)65(8)41-24-35(23-32)25-42(76-9)53(41)59)80-54(73)34(3)64(7)47(68)20-22-82-83-56(4,5)31-46(67)63-62-40-17-16-36-26-37(27-39(60)52(36)40)78-21-12-15-51(72)81-66-48(69)18-19-49(66)70/h11,13-14,24-27,33-34,38,43-45,75H,12,15-23,28-31H2,1-10H3,(H,61,74)(H,63,67)/b14-11+,32-13+,62-40+/t33-,34-,38-,43-,44+,45-,57-,58-/m0/s1. The zero-order valence-electron chi connectivity index (χ0n) is 48.4. The molecular formula is C58H74ClFN6O15S2. The van der Waals surface area contributed by atoms with E-state index >= 15 is 4.39 Å². The zero-order chi connectivity index (χ0) is 60.7. The summed E-state index contributed by atoms with van der Waals surface area (Å²) in [5, 5.41) is 19.4. The number of fused-ring (bicyclic) bond motifs is 6. The van der Waals surface area contributed by atoms with Crippen LogP contribution >= 0.6 is 33.2 Å². The first-order valence-corrected chi connectivity index (χ1v) is 30.2. The van der Waals surface area contributed by atoms with Crippen molar-refractivity contribution in [2.45, 2.75) is 153 Å². The predicted octanol–water partition coefficient (Wildman–Crippen LogP) is 7.70. The first-order chi connectivity index (χ1) is 39.2. The Morgan fingerprint density at radius 3 is 2.47 bits per heavy atom. The monoisotopic (exact) mass is 1210 g/mol. The number of imide groups is 1. The van der Waals surface area contributed by atoms with Crippen molar-refractivity contribution in [3.05, 3.63) is 75.6 Å². The Morgan fingerprint density at radius 2 is 1.77 bits per heavy atom. The van der Waals surface area contributed by atoms with E-state index in [1.807, 2.05) is 40.7 Å². The summed E-state index contributed by atoms with van der Waals surface area (Å²) in [5.74, 6) is -4.06. The molecule has 83 heavy (non-hydrogen) atoms. The number of aliphatic hydroxyl groups is 1. The molecule has 2 aliphatic carbocycles. The molecule has 0 spiro atoms. The van der Waals surface area contributed by atoms with Crippen molar-refractivity contribution in [1.82, 2.24) is 20.7 Å². The number of nitrogens with one attached hydrogen (secondary N) is 2. The van der Waals surface area contributed by atoms with Gasteiger partial charge < -0.3 is 43.4 Å². The summed E-state index contributed by atoms with van der Waals surface area (Å²) in [4.78, 5) is 112. The number of hydrogen-bond donors (Lipinski definition) is 3. The number of rotatable bonds is 19. The van der Waals surface area contributed by atoms with Crippen molar-refractivity contribution in [1.29, 1.82) is 0 Å². The summed E-state index contributed by atoms with van der Waals surface area (Å²) >= 11 is 6.85. The number of hydrazone groups is 1. The van der Waals surface area contributed by atoms with Crippen LogP contribution in [0.5, 0.6) is 11.5 Å². The van der Waals surface area contributed by atoms with Gasteiger partial charge >= 0.3 is 18.0 Å². The number of anilines is 1. The number of hydrogen-bond acceptors (Lipinski definition) is 18. The van der Waals surface area contributed by atoms with E-state index in [9.17, 15) is 43.5 Å². The maximum absolute atomic E-state index is 15.4. The maximum Gasteiger partial charge on any atom is 0.409 e. The first-order valence-electron chi connectivity index (χ1n) is 27.5. The van der Waals surface area contributed by atoms with E-state index in [4.69, 9.17) is 40.1 Å². The minimum Gasteiger partial charge on any atom is -0.495 e. The third-order valence-corrected chi connectivity index (χ3v) is 19.6. The molecule has 3 heterocycles. The number of aryl methyl sites for hydroxylation is 1. The molecule has 5 aliphatic rings. The topological polar surface area (TPSA) is 258 Å². The van der Waals surface area contributed by atoms with Crippen molar-refractivity contribution in [3.63, 3.8) is 0 Å². The summed E-state index contributed by atoms with van der Waals surface area (Å²) in [7, 11) is 8.79. The number of carbonyl (C=O) groups is 8. The first kappa shape index (κ1) is 64.4. The van der Waals surface area contributed by atoms with Gasteiger partial charge in [0.2, 0.25) is 17.7 Å². The highest BCUT2D eigenvalue weighted by Crippen LogP contribution is 2.61. The lowest BCUT2D eigenvalue weighted by molar-refractivity contribution is -0.197. The van der Waals surface area contributed by atoms with Crippen LogP contribution in [-0.4, -0.2) is 144 Å². The number of halogens is 2. The lowest BCUT2D eigenvalue weighted by atomic mass is 9.83. The van der Waals surface area contributed by atoms with Crippen molar-refractivity contribution in [2.75, 3.05) is 45.6 Å². The van der Waals surface area contributed by atoms with Gasteiger partial charge in [-0.25, -0.2) is 24.2 Å². The molecular weight excluding hydrogens is 1140 g/mol. The van der Waals surface area contributed by atoms with E-state index in [-0.39, 0.29) is 92.1 Å². The molecule has 0 aromatic heterocycles. The Balaban J connectivity index is 0.925. The van der Waals surface area contributed by atoms with Gasteiger partial charge in [0.1, 0.15) is 46.7 Å². The quantitative estimate of drug-likeness (QED) is 0.0400. The van der Waals surface area contributed by atoms with E-state index in [0.717, 1.165) is 11.1 Å². The Morgan fingerprint density at radius 1 is 1.05 bits per heavy atom. The Hall–Kier alpha value is -6.21. The fourth-order valence-corrected chi connectivity index (χ4v) is 13.6. The third kappa shape index (κ3) is 15.8. The number of esters is 1. The van der Waals surface area contributed by atoms with E-state index in [1.165, 1.54) is 58.7 Å². The molecule has 2 aromatic rings. The average molecular weight is 1210 g/mol. The second-order valence-electron chi connectivity index (χ2n) is 22.6. The fourth-order valence-electron chi connectivity index (χ4n) is 10.8. The van der Waals surface area contributed by atoms with Crippen LogP contribution < -0.4 is 25.1 Å². The Labute approximate surface area is 495 Å². The molecule has 0 unspecified atom stereocenters. The molecule has 21 nitrogen and oxygen atoms in total. The number of nitrogens with zero attached hydrogens (tertiary/aromatic N) is 4. The zero-order valence-corrected chi connectivity index (χ0v) is 50.8. The number of carbonyl (C=O) groups excluding carboxylic acids is 8. The van der Waals surface area contributed by atoms with Crippen molar-refractivity contribution in [3.8, 4) is 11.5 Å². The maximum atomic E-state index is 15.4. The van der Waals surface area contributed by atoms with Crippen LogP contribution in [0.25, 0.3) is 0 Å². The molecule has 2 saturated heterocycles. The van der Waals surface area contributed by atoms with Gasteiger partial charge in [0.25, 0.3) is 11.8 Å². The lowest BCUT2D eigenvalue weighted by Gasteiger charge is -2.42. The molecule has 8 atom stereocenters. The van der Waals surface area contributed by atoms with Crippen LogP contribution in [0.3, 0.4) is 0 Å². The molecule has 1 saturated carbocycles. The van der Waals surface area contributed by atoms with Crippen LogP contribution in [0.15, 0.2) is 53.2 Å². The van der Waals surface area contributed by atoms with E-state index in [2.05, 4.69) is 15.8 Å². The van der Waals surface area contributed by atoms with Crippen LogP contribution in [0.2, 0.25) is 5.02 Å². The molecule has 25 heteroatoms. The number of methoxy groups -OCH3 is 2. The van der Waals surface area contributed by atoms with Gasteiger partial charge in [-0.05, 0) is 101 Å². The normalized spacial score (nSPS) is 26.4. The van der Waals surface area contributed by atoms with Crippen molar-refractivity contribution in [2.24, 2.45) is 22.4 Å². The van der Waals surface area contributed by atoms with Gasteiger partial charge in [-0.1, -0.05) is 70.8 Å². The number of hydroxylamine groups is 2. The van der Waals surface area contributed by atoms with E-state index in [1.54, 1.807) is 44.3 Å². The second kappa shape index (κ2) is 27.2. The number of amides is 6. The number of benzene rings is 2. The molecule has 4 bridgehead atoms. The summed E-state index contributed by atoms with van der Waals surface area (Å²) in [6, 6.07) is 5.40. The van der Waals surface area contributed by atoms with E-state index < -0.39 is 87.7 Å². The third-order valence-electron chi connectivity index (χ3n) is 15.9. The minimum absolute atomic E-state index is 0.00995. The molecule has 452 valence electrons. The van der Waals surface area contributed by atoms with Crippen molar-refractivity contribution >= 4 is 92.2 Å². The molecule has 3 fully saturated rings. The van der Waals surface area contributed by atoms with Crippen molar-refractivity contribution < 1.29 is 76.4 Å². The van der Waals surface area contributed by atoms with Gasteiger partial charge in [-0.15, -0.1) is 5.06 Å². The lowest BCUT2D eigenvalue weighted by Crippen LogP contribution is -2.63. The van der Waals surface area contributed by atoms with Gasteiger partial charge in [0, 0.05) is 80.9 Å². The summed E-state index contributed by atoms with van der Waals surface area (Å²) < 4.78 is 43.9. The fraction of sp³-hybridized carbons (Fsp3) is 0.569.